The number of hydrogen-bond donors (Lipinski definition) is 1. The predicted molar refractivity (Wildman–Crippen MR) is 80.8 cm³/mol. The summed E-state index contributed by atoms with van der Waals surface area (Å²) in [6, 6.07) is 8.77. The van der Waals surface area contributed by atoms with Gasteiger partial charge in [-0.2, -0.15) is 0 Å². The maximum absolute atomic E-state index is 5.72. The zero-order valence-electron chi connectivity index (χ0n) is 12.5. The summed E-state index contributed by atoms with van der Waals surface area (Å²) in [6.45, 7) is 5.27. The molecular weight excluding hydrogens is 234 g/mol. The minimum atomic E-state index is 0.248. The molecule has 2 heteroatoms. The molecule has 1 N–H and O–H groups in total. The molecule has 1 saturated carbocycles. The summed E-state index contributed by atoms with van der Waals surface area (Å²) < 4.78 is 5.72. The Labute approximate surface area is 117 Å². The van der Waals surface area contributed by atoms with Crippen LogP contribution >= 0.6 is 0 Å². The second kappa shape index (κ2) is 6.95. The Morgan fingerprint density at radius 2 is 1.84 bits per heavy atom. The van der Waals surface area contributed by atoms with Crippen LogP contribution in [-0.2, 0) is 0 Å². The fraction of sp³-hybridized carbons (Fsp3) is 0.647. The van der Waals surface area contributed by atoms with Crippen LogP contribution in [-0.4, -0.2) is 19.7 Å². The Morgan fingerprint density at radius 3 is 2.47 bits per heavy atom. The number of ether oxygens (including phenoxy) is 1. The van der Waals surface area contributed by atoms with Gasteiger partial charge in [-0.05, 0) is 69.8 Å². The van der Waals surface area contributed by atoms with E-state index >= 15 is 0 Å². The summed E-state index contributed by atoms with van der Waals surface area (Å²) in [6.07, 6.45) is 5.69. The fourth-order valence-electron chi connectivity index (χ4n) is 3.22. The summed E-state index contributed by atoms with van der Waals surface area (Å²) >= 11 is 0. The van der Waals surface area contributed by atoms with Crippen molar-refractivity contribution >= 4 is 0 Å². The van der Waals surface area contributed by atoms with Gasteiger partial charge in [0.2, 0.25) is 0 Å². The average Bonchev–Trinajstić information content (AvgIpc) is 2.40. The van der Waals surface area contributed by atoms with Gasteiger partial charge in [0, 0.05) is 0 Å². The fourth-order valence-corrected chi connectivity index (χ4v) is 3.22. The maximum Gasteiger partial charge on any atom is 0.119 e. The molecule has 19 heavy (non-hydrogen) atoms. The van der Waals surface area contributed by atoms with Gasteiger partial charge in [-0.3, -0.25) is 0 Å². The lowest BCUT2D eigenvalue weighted by molar-refractivity contribution is 0.242. The summed E-state index contributed by atoms with van der Waals surface area (Å²) in [5, 5.41) is 3.35. The molecule has 0 saturated heterocycles. The van der Waals surface area contributed by atoms with Crippen molar-refractivity contribution < 1.29 is 4.74 Å². The second-order valence-corrected chi connectivity index (χ2v) is 5.94. The molecule has 106 valence electrons. The van der Waals surface area contributed by atoms with Crippen molar-refractivity contribution in [3.8, 4) is 5.75 Å². The molecule has 1 aromatic carbocycles. The van der Waals surface area contributed by atoms with Gasteiger partial charge in [0.15, 0.2) is 0 Å². The monoisotopic (exact) mass is 261 g/mol. The molecule has 0 spiro atoms. The molecule has 2 unspecified atom stereocenters. The SMILES string of the molecule is CNCC1CCCCC1c1ccc(OC(C)C)cc1. The van der Waals surface area contributed by atoms with Crippen LogP contribution in [0.25, 0.3) is 0 Å². The first-order chi connectivity index (χ1) is 9.20. The Hall–Kier alpha value is -1.02. The highest BCUT2D eigenvalue weighted by molar-refractivity contribution is 5.30. The summed E-state index contributed by atoms with van der Waals surface area (Å²) in [7, 11) is 2.06. The van der Waals surface area contributed by atoms with E-state index in [1.165, 1.54) is 31.2 Å². The van der Waals surface area contributed by atoms with Crippen LogP contribution in [0, 0.1) is 5.92 Å². The third kappa shape index (κ3) is 3.97. The van der Waals surface area contributed by atoms with E-state index < -0.39 is 0 Å². The van der Waals surface area contributed by atoms with Gasteiger partial charge in [-0.15, -0.1) is 0 Å². The minimum absolute atomic E-state index is 0.248. The molecular formula is C17H27NO. The molecule has 0 bridgehead atoms. The van der Waals surface area contributed by atoms with Crippen LogP contribution < -0.4 is 10.1 Å². The van der Waals surface area contributed by atoms with E-state index in [0.29, 0.717) is 5.92 Å². The quantitative estimate of drug-likeness (QED) is 0.866. The van der Waals surface area contributed by atoms with Crippen LogP contribution in [0.3, 0.4) is 0 Å². The van der Waals surface area contributed by atoms with E-state index in [2.05, 4.69) is 50.5 Å². The van der Waals surface area contributed by atoms with Crippen molar-refractivity contribution in [2.75, 3.05) is 13.6 Å². The van der Waals surface area contributed by atoms with Crippen molar-refractivity contribution in [3.63, 3.8) is 0 Å². The van der Waals surface area contributed by atoms with Crippen molar-refractivity contribution in [3.05, 3.63) is 29.8 Å². The van der Waals surface area contributed by atoms with Crippen LogP contribution in [0.5, 0.6) is 5.75 Å². The topological polar surface area (TPSA) is 21.3 Å². The Balaban J connectivity index is 2.06. The van der Waals surface area contributed by atoms with Gasteiger partial charge in [0.1, 0.15) is 5.75 Å². The van der Waals surface area contributed by atoms with Gasteiger partial charge in [-0.1, -0.05) is 25.0 Å². The molecule has 1 aliphatic rings. The van der Waals surface area contributed by atoms with Crippen LogP contribution in [0.4, 0.5) is 0 Å². The highest BCUT2D eigenvalue weighted by atomic mass is 16.5. The van der Waals surface area contributed by atoms with E-state index in [1.54, 1.807) is 0 Å². The van der Waals surface area contributed by atoms with Gasteiger partial charge in [0.25, 0.3) is 0 Å². The first-order valence-electron chi connectivity index (χ1n) is 7.62. The zero-order valence-corrected chi connectivity index (χ0v) is 12.5. The third-order valence-corrected chi connectivity index (χ3v) is 4.06. The van der Waals surface area contributed by atoms with Crippen molar-refractivity contribution in [1.82, 2.24) is 5.32 Å². The van der Waals surface area contributed by atoms with Crippen LogP contribution in [0.1, 0.15) is 51.0 Å². The third-order valence-electron chi connectivity index (χ3n) is 4.06. The molecule has 0 aromatic heterocycles. The molecule has 2 rings (SSSR count). The minimum Gasteiger partial charge on any atom is -0.491 e. The van der Waals surface area contributed by atoms with E-state index in [9.17, 15) is 0 Å². The lowest BCUT2D eigenvalue weighted by Crippen LogP contribution is -2.27. The smallest absolute Gasteiger partial charge is 0.119 e. The van der Waals surface area contributed by atoms with Crippen molar-refractivity contribution in [2.45, 2.75) is 51.6 Å². The summed E-state index contributed by atoms with van der Waals surface area (Å²) in [4.78, 5) is 0. The van der Waals surface area contributed by atoms with Crippen LogP contribution in [0.2, 0.25) is 0 Å². The first kappa shape index (κ1) is 14.4. The first-order valence-corrected chi connectivity index (χ1v) is 7.62. The van der Waals surface area contributed by atoms with E-state index in [4.69, 9.17) is 4.74 Å². The van der Waals surface area contributed by atoms with E-state index in [1.807, 2.05) is 0 Å². The molecule has 2 atom stereocenters. The Bertz CT molecular complexity index is 369. The normalized spacial score (nSPS) is 23.6. The zero-order chi connectivity index (χ0) is 13.7. The van der Waals surface area contributed by atoms with E-state index in [0.717, 1.165) is 18.2 Å². The largest absolute Gasteiger partial charge is 0.491 e. The number of rotatable bonds is 5. The molecule has 1 fully saturated rings. The standard InChI is InChI=1S/C17H27NO/c1-13(2)19-16-10-8-14(9-11-16)17-7-5-4-6-15(17)12-18-3/h8-11,13,15,17-18H,4-7,12H2,1-3H3. The van der Waals surface area contributed by atoms with Crippen LogP contribution in [0.15, 0.2) is 24.3 Å². The van der Waals surface area contributed by atoms with Crippen molar-refractivity contribution in [2.24, 2.45) is 5.92 Å². The predicted octanol–water partition coefficient (Wildman–Crippen LogP) is 3.97. The molecule has 0 amide bonds. The average molecular weight is 261 g/mol. The molecule has 1 aliphatic carbocycles. The molecule has 2 nitrogen and oxygen atoms in total. The number of benzene rings is 1. The molecule has 1 aromatic rings. The van der Waals surface area contributed by atoms with Crippen molar-refractivity contribution in [1.29, 1.82) is 0 Å². The van der Waals surface area contributed by atoms with Gasteiger partial charge in [-0.25, -0.2) is 0 Å². The van der Waals surface area contributed by atoms with Gasteiger partial charge >= 0.3 is 0 Å². The summed E-state index contributed by atoms with van der Waals surface area (Å²) in [5.74, 6) is 2.49. The molecule has 0 aliphatic heterocycles. The molecule has 0 radical (unpaired) electrons. The highest BCUT2D eigenvalue weighted by Crippen LogP contribution is 2.37. The summed E-state index contributed by atoms with van der Waals surface area (Å²) in [5.41, 5.74) is 1.48. The Kier molecular flexibility index (Phi) is 5.26. The maximum atomic E-state index is 5.72. The second-order valence-electron chi connectivity index (χ2n) is 5.94. The lowest BCUT2D eigenvalue weighted by Gasteiger charge is -2.32. The number of hydrogen-bond acceptors (Lipinski definition) is 2. The lowest BCUT2D eigenvalue weighted by atomic mass is 9.75. The highest BCUT2D eigenvalue weighted by Gasteiger charge is 2.25. The Morgan fingerprint density at radius 1 is 1.16 bits per heavy atom. The van der Waals surface area contributed by atoms with Gasteiger partial charge < -0.3 is 10.1 Å². The molecule has 0 heterocycles. The number of nitrogens with one attached hydrogen (secondary N) is 1. The van der Waals surface area contributed by atoms with Gasteiger partial charge in [0.05, 0.1) is 6.10 Å². The van der Waals surface area contributed by atoms with E-state index in [-0.39, 0.29) is 6.10 Å².